The summed E-state index contributed by atoms with van der Waals surface area (Å²) >= 11 is 3.28. The van der Waals surface area contributed by atoms with Gasteiger partial charge in [0, 0.05) is 12.6 Å². The summed E-state index contributed by atoms with van der Waals surface area (Å²) in [4.78, 5) is 8.29. The van der Waals surface area contributed by atoms with Crippen molar-refractivity contribution in [2.24, 2.45) is 5.92 Å². The van der Waals surface area contributed by atoms with E-state index < -0.39 is 0 Å². The zero-order valence-corrected chi connectivity index (χ0v) is 11.2. The first kappa shape index (κ1) is 13.2. The normalized spacial score (nSPS) is 14.3. The van der Waals surface area contributed by atoms with Crippen LogP contribution in [0.5, 0.6) is 5.88 Å². The minimum Gasteiger partial charge on any atom is -0.480 e. The second kappa shape index (κ2) is 6.00. The highest BCUT2D eigenvalue weighted by atomic mass is 79.9. The van der Waals surface area contributed by atoms with Crippen molar-refractivity contribution < 1.29 is 9.84 Å². The molecule has 0 amide bonds. The zero-order chi connectivity index (χ0) is 12.1. The van der Waals surface area contributed by atoms with Gasteiger partial charge < -0.3 is 15.2 Å². The standard InChI is InChI=1S/C10H16BrN3O2/c1-6(5-15)7(2)13-10-12-4-8(11)9(14-10)16-3/h4,6-7,15H,5H2,1-3H3,(H,12,13,14). The molecule has 0 aliphatic carbocycles. The van der Waals surface area contributed by atoms with Gasteiger partial charge in [0.15, 0.2) is 0 Å². The van der Waals surface area contributed by atoms with Gasteiger partial charge in [-0.05, 0) is 28.8 Å². The van der Waals surface area contributed by atoms with Crippen LogP contribution < -0.4 is 10.1 Å². The molecule has 0 bridgehead atoms. The summed E-state index contributed by atoms with van der Waals surface area (Å²) in [5, 5.41) is 12.1. The molecule has 0 aromatic carbocycles. The van der Waals surface area contributed by atoms with Crippen LogP contribution in [0.25, 0.3) is 0 Å². The number of aliphatic hydroxyl groups excluding tert-OH is 1. The SMILES string of the molecule is COc1nc(NC(C)C(C)CO)ncc1Br. The van der Waals surface area contributed by atoms with E-state index in [2.05, 4.69) is 31.2 Å². The third kappa shape index (κ3) is 3.31. The molecule has 6 heteroatoms. The molecule has 5 nitrogen and oxygen atoms in total. The maximum atomic E-state index is 9.02. The summed E-state index contributed by atoms with van der Waals surface area (Å²) in [7, 11) is 1.55. The van der Waals surface area contributed by atoms with Crippen molar-refractivity contribution in [3.8, 4) is 5.88 Å². The number of nitrogens with zero attached hydrogens (tertiary/aromatic N) is 2. The van der Waals surface area contributed by atoms with E-state index in [1.165, 1.54) is 0 Å². The fourth-order valence-electron chi connectivity index (χ4n) is 1.07. The van der Waals surface area contributed by atoms with Crippen LogP contribution in [0.3, 0.4) is 0 Å². The Balaban J connectivity index is 2.74. The summed E-state index contributed by atoms with van der Waals surface area (Å²) in [5.74, 6) is 1.12. The Morgan fingerprint density at radius 3 is 2.81 bits per heavy atom. The van der Waals surface area contributed by atoms with Crippen LogP contribution in [-0.4, -0.2) is 34.8 Å². The highest BCUT2D eigenvalue weighted by Gasteiger charge is 2.13. The van der Waals surface area contributed by atoms with Crippen LogP contribution in [0.15, 0.2) is 10.7 Å². The average Bonchev–Trinajstić information content (AvgIpc) is 2.30. The number of rotatable bonds is 5. The highest BCUT2D eigenvalue weighted by Crippen LogP contribution is 2.22. The number of anilines is 1. The molecule has 1 aromatic rings. The molecule has 90 valence electrons. The molecular weight excluding hydrogens is 274 g/mol. The van der Waals surface area contributed by atoms with Crippen LogP contribution in [0.1, 0.15) is 13.8 Å². The molecule has 2 atom stereocenters. The van der Waals surface area contributed by atoms with Crippen molar-refractivity contribution >= 4 is 21.9 Å². The minimum atomic E-state index is 0.0934. The Kier molecular flexibility index (Phi) is 4.95. The van der Waals surface area contributed by atoms with Crippen LogP contribution in [0.4, 0.5) is 5.95 Å². The number of ether oxygens (including phenoxy) is 1. The molecule has 0 aliphatic rings. The van der Waals surface area contributed by atoms with Gasteiger partial charge >= 0.3 is 0 Å². The number of hydrogen-bond acceptors (Lipinski definition) is 5. The molecule has 0 fully saturated rings. The smallest absolute Gasteiger partial charge is 0.232 e. The molecule has 1 heterocycles. The number of methoxy groups -OCH3 is 1. The maximum absolute atomic E-state index is 9.02. The predicted octanol–water partition coefficient (Wildman–Crippen LogP) is 1.68. The van der Waals surface area contributed by atoms with E-state index in [9.17, 15) is 0 Å². The van der Waals surface area contributed by atoms with E-state index in [4.69, 9.17) is 9.84 Å². The highest BCUT2D eigenvalue weighted by molar-refractivity contribution is 9.10. The summed E-state index contributed by atoms with van der Waals surface area (Å²) in [6, 6.07) is 0.0934. The van der Waals surface area contributed by atoms with Crippen molar-refractivity contribution in [3.05, 3.63) is 10.7 Å². The van der Waals surface area contributed by atoms with Gasteiger partial charge in [-0.2, -0.15) is 4.98 Å². The van der Waals surface area contributed by atoms with E-state index >= 15 is 0 Å². The number of nitrogens with one attached hydrogen (secondary N) is 1. The average molecular weight is 290 g/mol. The Morgan fingerprint density at radius 1 is 1.56 bits per heavy atom. The van der Waals surface area contributed by atoms with E-state index in [1.54, 1.807) is 13.3 Å². The van der Waals surface area contributed by atoms with Crippen LogP contribution >= 0.6 is 15.9 Å². The predicted molar refractivity (Wildman–Crippen MR) is 65.6 cm³/mol. The van der Waals surface area contributed by atoms with Crippen LogP contribution in [0.2, 0.25) is 0 Å². The van der Waals surface area contributed by atoms with E-state index in [-0.39, 0.29) is 18.6 Å². The number of aromatic nitrogens is 2. The topological polar surface area (TPSA) is 67.3 Å². The first-order valence-electron chi connectivity index (χ1n) is 5.02. The summed E-state index contributed by atoms with van der Waals surface area (Å²) in [6.07, 6.45) is 1.63. The summed E-state index contributed by atoms with van der Waals surface area (Å²) in [5.41, 5.74) is 0. The molecule has 0 aliphatic heterocycles. The van der Waals surface area contributed by atoms with Gasteiger partial charge in [-0.3, -0.25) is 0 Å². The summed E-state index contributed by atoms with van der Waals surface area (Å²) < 4.78 is 5.78. The van der Waals surface area contributed by atoms with Gasteiger partial charge in [0.1, 0.15) is 0 Å². The van der Waals surface area contributed by atoms with Crippen molar-refractivity contribution in [1.29, 1.82) is 0 Å². The van der Waals surface area contributed by atoms with Gasteiger partial charge in [-0.15, -0.1) is 0 Å². The molecule has 0 spiro atoms. The quantitative estimate of drug-likeness (QED) is 0.863. The Bertz CT molecular complexity index is 349. The Hall–Kier alpha value is -0.880. The fourth-order valence-corrected chi connectivity index (χ4v) is 1.42. The van der Waals surface area contributed by atoms with Crippen LogP contribution in [0, 0.1) is 5.92 Å². The summed E-state index contributed by atoms with van der Waals surface area (Å²) in [6.45, 7) is 4.05. The largest absolute Gasteiger partial charge is 0.480 e. The lowest BCUT2D eigenvalue weighted by atomic mass is 10.1. The lowest BCUT2D eigenvalue weighted by Crippen LogP contribution is -2.27. The van der Waals surface area contributed by atoms with Crippen molar-refractivity contribution in [2.45, 2.75) is 19.9 Å². The van der Waals surface area contributed by atoms with Gasteiger partial charge in [0.25, 0.3) is 0 Å². The Morgan fingerprint density at radius 2 is 2.25 bits per heavy atom. The third-order valence-corrected chi connectivity index (χ3v) is 2.95. The van der Waals surface area contributed by atoms with E-state index in [0.29, 0.717) is 16.3 Å². The molecule has 1 aromatic heterocycles. The van der Waals surface area contributed by atoms with Gasteiger partial charge in [-0.1, -0.05) is 6.92 Å². The zero-order valence-electron chi connectivity index (χ0n) is 9.57. The monoisotopic (exact) mass is 289 g/mol. The van der Waals surface area contributed by atoms with E-state index in [1.807, 2.05) is 13.8 Å². The molecular formula is C10H16BrN3O2. The minimum absolute atomic E-state index is 0.0934. The Labute approximate surface area is 103 Å². The number of hydrogen-bond donors (Lipinski definition) is 2. The first-order chi connectivity index (χ1) is 7.58. The number of aliphatic hydroxyl groups is 1. The first-order valence-corrected chi connectivity index (χ1v) is 5.81. The lowest BCUT2D eigenvalue weighted by molar-refractivity contribution is 0.226. The molecule has 0 radical (unpaired) electrons. The fraction of sp³-hybridized carbons (Fsp3) is 0.600. The molecule has 2 N–H and O–H groups in total. The second-order valence-corrected chi connectivity index (χ2v) is 4.50. The molecule has 0 saturated heterocycles. The van der Waals surface area contributed by atoms with Crippen LogP contribution in [-0.2, 0) is 0 Å². The maximum Gasteiger partial charge on any atom is 0.232 e. The second-order valence-electron chi connectivity index (χ2n) is 3.64. The van der Waals surface area contributed by atoms with Gasteiger partial charge in [0.2, 0.25) is 11.8 Å². The van der Waals surface area contributed by atoms with E-state index in [0.717, 1.165) is 0 Å². The third-order valence-electron chi connectivity index (χ3n) is 2.40. The van der Waals surface area contributed by atoms with Gasteiger partial charge in [0.05, 0.1) is 17.8 Å². The number of halogens is 1. The van der Waals surface area contributed by atoms with Crippen molar-refractivity contribution in [1.82, 2.24) is 9.97 Å². The van der Waals surface area contributed by atoms with Crippen molar-refractivity contribution in [2.75, 3.05) is 19.0 Å². The van der Waals surface area contributed by atoms with Gasteiger partial charge in [-0.25, -0.2) is 4.98 Å². The molecule has 16 heavy (non-hydrogen) atoms. The molecule has 1 rings (SSSR count). The molecule has 0 saturated carbocycles. The lowest BCUT2D eigenvalue weighted by Gasteiger charge is -2.19. The van der Waals surface area contributed by atoms with Crippen molar-refractivity contribution in [3.63, 3.8) is 0 Å². The molecule has 2 unspecified atom stereocenters.